The van der Waals surface area contributed by atoms with Gasteiger partial charge in [0.15, 0.2) is 5.82 Å². The third kappa shape index (κ3) is 2.70. The number of nitrogens with zero attached hydrogens (tertiary/aromatic N) is 4. The van der Waals surface area contributed by atoms with E-state index in [1.807, 2.05) is 7.05 Å². The number of rotatable bonds is 2. The second kappa shape index (κ2) is 5.34. The summed E-state index contributed by atoms with van der Waals surface area (Å²) in [5.41, 5.74) is 6.61. The summed E-state index contributed by atoms with van der Waals surface area (Å²) in [7, 11) is 4.13. The van der Waals surface area contributed by atoms with Gasteiger partial charge in [-0.25, -0.2) is 0 Å². The number of nitrogens with two attached hydrogens (primary N) is 1. The Morgan fingerprint density at radius 1 is 1.33 bits per heavy atom. The van der Waals surface area contributed by atoms with E-state index < -0.39 is 0 Å². The number of hydrogen-bond donors (Lipinski definition) is 2. The molecular weight excluding hydrogens is 270 g/mol. The molecule has 1 unspecified atom stereocenters. The zero-order valence-electron chi connectivity index (χ0n) is 12.2. The summed E-state index contributed by atoms with van der Waals surface area (Å²) < 4.78 is 5.30. The maximum atomic E-state index is 9.93. The van der Waals surface area contributed by atoms with Crippen molar-refractivity contribution in [3.63, 3.8) is 0 Å². The minimum absolute atomic E-state index is 0.0410. The standard InChI is InChI=1S/C14H19N5O2/c1-18-5-6-19(2)11(8-18)13-16-14(21-17-13)10-4-3-9(15)7-12(10)20/h3-4,7,11,20H,5-6,8,15H2,1-2H3. The van der Waals surface area contributed by atoms with Crippen LogP contribution in [0.25, 0.3) is 11.5 Å². The van der Waals surface area contributed by atoms with Gasteiger partial charge in [-0.2, -0.15) is 4.98 Å². The average Bonchev–Trinajstić information content (AvgIpc) is 2.91. The van der Waals surface area contributed by atoms with Crippen LogP contribution >= 0.6 is 0 Å². The van der Waals surface area contributed by atoms with Crippen molar-refractivity contribution in [2.45, 2.75) is 6.04 Å². The molecule has 1 saturated heterocycles. The number of aromatic nitrogens is 2. The monoisotopic (exact) mass is 289 g/mol. The highest BCUT2D eigenvalue weighted by atomic mass is 16.5. The highest BCUT2D eigenvalue weighted by molar-refractivity contribution is 5.66. The van der Waals surface area contributed by atoms with Crippen LogP contribution in [0, 0.1) is 0 Å². The van der Waals surface area contributed by atoms with E-state index in [2.05, 4.69) is 27.0 Å². The quantitative estimate of drug-likeness (QED) is 0.795. The summed E-state index contributed by atoms with van der Waals surface area (Å²) in [6.45, 7) is 2.83. The lowest BCUT2D eigenvalue weighted by atomic mass is 10.1. The molecule has 0 saturated carbocycles. The SMILES string of the molecule is CN1CCN(C)C(c2noc(-c3ccc(N)cc3O)n2)C1. The molecule has 3 N–H and O–H groups in total. The minimum Gasteiger partial charge on any atom is -0.507 e. The number of anilines is 1. The molecular formula is C14H19N5O2. The zero-order valence-corrected chi connectivity index (χ0v) is 12.2. The van der Waals surface area contributed by atoms with Gasteiger partial charge in [-0.05, 0) is 26.2 Å². The molecule has 7 heteroatoms. The molecule has 2 aromatic rings. The first-order valence-electron chi connectivity index (χ1n) is 6.86. The van der Waals surface area contributed by atoms with Crippen LogP contribution in [0.2, 0.25) is 0 Å². The summed E-state index contributed by atoms with van der Waals surface area (Å²) in [6.07, 6.45) is 0. The van der Waals surface area contributed by atoms with Gasteiger partial charge in [0, 0.05) is 31.4 Å². The van der Waals surface area contributed by atoms with E-state index in [4.69, 9.17) is 10.3 Å². The highest BCUT2D eigenvalue weighted by Gasteiger charge is 2.28. The third-order valence-corrected chi connectivity index (χ3v) is 3.84. The molecule has 1 aliphatic rings. The number of nitrogen functional groups attached to an aromatic ring is 1. The Morgan fingerprint density at radius 3 is 2.90 bits per heavy atom. The van der Waals surface area contributed by atoms with Crippen LogP contribution in [0.4, 0.5) is 5.69 Å². The van der Waals surface area contributed by atoms with E-state index in [0.29, 0.717) is 23.0 Å². The van der Waals surface area contributed by atoms with Crippen LogP contribution in [-0.2, 0) is 0 Å². The Morgan fingerprint density at radius 2 is 2.14 bits per heavy atom. The second-order valence-electron chi connectivity index (χ2n) is 5.49. The number of likely N-dealkylation sites (N-methyl/N-ethyl adjacent to an activating group) is 2. The van der Waals surface area contributed by atoms with Crippen molar-refractivity contribution in [1.29, 1.82) is 0 Å². The highest BCUT2D eigenvalue weighted by Crippen LogP contribution is 2.31. The van der Waals surface area contributed by atoms with Gasteiger partial charge in [0.2, 0.25) is 0 Å². The van der Waals surface area contributed by atoms with Crippen molar-refractivity contribution in [1.82, 2.24) is 19.9 Å². The van der Waals surface area contributed by atoms with Gasteiger partial charge >= 0.3 is 0 Å². The fraction of sp³-hybridized carbons (Fsp3) is 0.429. The molecule has 0 spiro atoms. The number of phenolic OH excluding ortho intramolecular Hbond substituents is 1. The number of piperazine rings is 1. The summed E-state index contributed by atoms with van der Waals surface area (Å²) in [5.74, 6) is 0.985. The zero-order chi connectivity index (χ0) is 15.0. The van der Waals surface area contributed by atoms with Crippen LogP contribution in [-0.4, -0.2) is 58.8 Å². The Bertz CT molecular complexity index is 642. The van der Waals surface area contributed by atoms with Gasteiger partial charge < -0.3 is 20.3 Å². The van der Waals surface area contributed by atoms with Gasteiger partial charge in [0.1, 0.15) is 5.75 Å². The smallest absolute Gasteiger partial charge is 0.261 e. The normalized spacial score (nSPS) is 20.8. The molecule has 2 heterocycles. The van der Waals surface area contributed by atoms with Gasteiger partial charge in [0.05, 0.1) is 11.6 Å². The van der Waals surface area contributed by atoms with E-state index >= 15 is 0 Å². The minimum atomic E-state index is 0.0410. The summed E-state index contributed by atoms with van der Waals surface area (Å²) in [6, 6.07) is 4.94. The van der Waals surface area contributed by atoms with Crippen molar-refractivity contribution in [2.75, 3.05) is 39.5 Å². The fourth-order valence-electron chi connectivity index (χ4n) is 2.50. The average molecular weight is 289 g/mol. The molecule has 1 aromatic heterocycles. The Labute approximate surface area is 123 Å². The third-order valence-electron chi connectivity index (χ3n) is 3.84. The first kappa shape index (κ1) is 13.8. The summed E-state index contributed by atoms with van der Waals surface area (Å²) in [4.78, 5) is 8.88. The first-order chi connectivity index (χ1) is 10.0. The van der Waals surface area contributed by atoms with Gasteiger partial charge in [0.25, 0.3) is 5.89 Å². The topological polar surface area (TPSA) is 91.7 Å². The molecule has 1 atom stereocenters. The predicted molar refractivity (Wildman–Crippen MR) is 78.7 cm³/mol. The lowest BCUT2D eigenvalue weighted by Gasteiger charge is -2.35. The maximum Gasteiger partial charge on any atom is 0.261 e. The second-order valence-corrected chi connectivity index (χ2v) is 5.49. The van der Waals surface area contributed by atoms with Gasteiger partial charge in [-0.3, -0.25) is 4.90 Å². The van der Waals surface area contributed by atoms with E-state index in [0.717, 1.165) is 19.6 Å². The van der Waals surface area contributed by atoms with Gasteiger partial charge in [-0.1, -0.05) is 5.16 Å². The van der Waals surface area contributed by atoms with Crippen LogP contribution in [0.15, 0.2) is 22.7 Å². The maximum absolute atomic E-state index is 9.93. The number of aromatic hydroxyl groups is 1. The van der Waals surface area contributed by atoms with Crippen molar-refractivity contribution >= 4 is 5.69 Å². The Kier molecular flexibility index (Phi) is 3.52. The van der Waals surface area contributed by atoms with Crippen LogP contribution in [0.3, 0.4) is 0 Å². The van der Waals surface area contributed by atoms with Crippen molar-refractivity contribution in [3.05, 3.63) is 24.0 Å². The molecule has 0 radical (unpaired) electrons. The Balaban J connectivity index is 1.89. The molecule has 21 heavy (non-hydrogen) atoms. The molecule has 3 rings (SSSR count). The number of phenols is 1. The Hall–Kier alpha value is -2.12. The molecule has 7 nitrogen and oxygen atoms in total. The largest absolute Gasteiger partial charge is 0.507 e. The van der Waals surface area contributed by atoms with Crippen LogP contribution in [0.1, 0.15) is 11.9 Å². The van der Waals surface area contributed by atoms with E-state index in [1.54, 1.807) is 12.1 Å². The number of benzene rings is 1. The molecule has 0 bridgehead atoms. The van der Waals surface area contributed by atoms with Crippen LogP contribution < -0.4 is 5.73 Å². The van der Waals surface area contributed by atoms with E-state index in [1.165, 1.54) is 6.07 Å². The van der Waals surface area contributed by atoms with E-state index in [9.17, 15) is 5.11 Å². The summed E-state index contributed by atoms with van der Waals surface area (Å²) >= 11 is 0. The van der Waals surface area contributed by atoms with Crippen molar-refractivity contribution < 1.29 is 9.63 Å². The lowest BCUT2D eigenvalue weighted by Crippen LogP contribution is -2.45. The molecule has 1 fully saturated rings. The number of hydrogen-bond acceptors (Lipinski definition) is 7. The summed E-state index contributed by atoms with van der Waals surface area (Å²) in [5, 5.41) is 14.0. The van der Waals surface area contributed by atoms with E-state index in [-0.39, 0.29) is 11.8 Å². The molecule has 1 aromatic carbocycles. The van der Waals surface area contributed by atoms with Crippen molar-refractivity contribution in [3.8, 4) is 17.2 Å². The molecule has 1 aliphatic heterocycles. The molecule has 0 aliphatic carbocycles. The predicted octanol–water partition coefficient (Wildman–Crippen LogP) is 0.943. The molecule has 0 amide bonds. The lowest BCUT2D eigenvalue weighted by molar-refractivity contribution is 0.108. The molecule has 112 valence electrons. The van der Waals surface area contributed by atoms with Gasteiger partial charge in [-0.15, -0.1) is 0 Å². The first-order valence-corrected chi connectivity index (χ1v) is 6.86. The van der Waals surface area contributed by atoms with Crippen LogP contribution in [0.5, 0.6) is 5.75 Å². The van der Waals surface area contributed by atoms with Crippen molar-refractivity contribution in [2.24, 2.45) is 0 Å². The fourth-order valence-corrected chi connectivity index (χ4v) is 2.50.